The lowest BCUT2D eigenvalue weighted by atomic mass is 10.1. The van der Waals surface area contributed by atoms with E-state index >= 15 is 0 Å². The summed E-state index contributed by atoms with van der Waals surface area (Å²) in [5, 5.41) is 1.87. The molecule has 3 rings (SSSR count). The van der Waals surface area contributed by atoms with Gasteiger partial charge in [-0.1, -0.05) is 55.6 Å². The minimum atomic E-state index is -0.495. The average Bonchev–Trinajstić information content (AvgIpc) is 2.54. The largest absolute Gasteiger partial charge is 0.340 e. The Kier molecular flexibility index (Phi) is 4.82. The lowest BCUT2D eigenvalue weighted by Crippen LogP contribution is -2.56. The van der Waals surface area contributed by atoms with Crippen LogP contribution < -0.4 is 5.32 Å². The van der Waals surface area contributed by atoms with Crippen molar-refractivity contribution in [1.29, 1.82) is 0 Å². The van der Waals surface area contributed by atoms with Gasteiger partial charge in [0.25, 0.3) is 0 Å². The van der Waals surface area contributed by atoms with E-state index in [1.54, 1.807) is 0 Å². The number of benzene rings is 1. The molecule has 1 aromatic carbocycles. The molecular formula is C17H16N2O3S2. The standard InChI is InChI=1S/C17H16N2O3S2/c1-2-11-15(17(22)23)19-13(21)9-14(19)24-16(11)18-12(20)8-10-6-4-3-5-7-10/h2-7,14,16H,1,8-9H2,(H,18,20)(H,22,23)/t14-,16?/m1/s1. The van der Waals surface area contributed by atoms with E-state index in [9.17, 15) is 14.4 Å². The van der Waals surface area contributed by atoms with Crippen LogP contribution in [0.25, 0.3) is 0 Å². The van der Waals surface area contributed by atoms with Crippen LogP contribution in [0, 0.1) is 0 Å². The van der Waals surface area contributed by atoms with E-state index in [4.69, 9.17) is 0 Å². The zero-order valence-electron chi connectivity index (χ0n) is 12.8. The molecule has 124 valence electrons. The third kappa shape index (κ3) is 3.14. The third-order valence-corrected chi connectivity index (χ3v) is 5.47. The van der Waals surface area contributed by atoms with Crippen molar-refractivity contribution in [2.24, 2.45) is 0 Å². The Bertz CT molecular complexity index is 745. The van der Waals surface area contributed by atoms with E-state index in [2.05, 4.69) is 24.5 Å². The number of rotatable bonds is 5. The van der Waals surface area contributed by atoms with Crippen LogP contribution in [0.5, 0.6) is 0 Å². The smallest absolute Gasteiger partial charge is 0.233 e. The van der Waals surface area contributed by atoms with Crippen molar-refractivity contribution in [3.05, 3.63) is 59.8 Å². The van der Waals surface area contributed by atoms with Crippen LogP contribution in [0.15, 0.2) is 54.3 Å². The second-order valence-corrected chi connectivity index (χ2v) is 7.18. The second-order valence-electron chi connectivity index (χ2n) is 5.48. The van der Waals surface area contributed by atoms with Gasteiger partial charge in [-0.15, -0.1) is 11.8 Å². The fraction of sp³-hybridized carbons (Fsp3) is 0.235. The van der Waals surface area contributed by atoms with Crippen LogP contribution in [0.4, 0.5) is 0 Å². The van der Waals surface area contributed by atoms with Crippen LogP contribution in [-0.4, -0.2) is 32.6 Å². The normalized spacial score (nSPS) is 22.5. The van der Waals surface area contributed by atoms with E-state index < -0.39 is 10.5 Å². The summed E-state index contributed by atoms with van der Waals surface area (Å²) in [4.78, 5) is 37.4. The number of β-lactam (4-membered cyclic amide) rings is 1. The van der Waals surface area contributed by atoms with Crippen molar-refractivity contribution in [3.63, 3.8) is 0 Å². The van der Waals surface area contributed by atoms with E-state index in [1.165, 1.54) is 22.7 Å². The molecule has 5 nitrogen and oxygen atoms in total. The summed E-state index contributed by atoms with van der Waals surface area (Å²) < 4.78 is 0. The van der Waals surface area contributed by atoms with Gasteiger partial charge in [-0.3, -0.25) is 19.3 Å². The van der Waals surface area contributed by atoms with Gasteiger partial charge in [0.15, 0.2) is 0 Å². The molecule has 2 atom stereocenters. The Balaban J connectivity index is 1.80. The van der Waals surface area contributed by atoms with Crippen molar-refractivity contribution >= 4 is 41.3 Å². The van der Waals surface area contributed by atoms with Crippen molar-refractivity contribution < 1.29 is 14.4 Å². The SMILES string of the molecule is C=CC1=C(C(=O)S)N2C(=O)C[C@H]2SC1NC(=O)Cc1ccccc1. The Morgan fingerprint density at radius 3 is 2.67 bits per heavy atom. The maximum absolute atomic E-state index is 12.3. The van der Waals surface area contributed by atoms with Gasteiger partial charge in [0.1, 0.15) is 11.1 Å². The summed E-state index contributed by atoms with van der Waals surface area (Å²) in [5.41, 5.74) is 1.65. The van der Waals surface area contributed by atoms with Crippen LogP contribution in [0.1, 0.15) is 12.0 Å². The predicted octanol–water partition coefficient (Wildman–Crippen LogP) is 1.87. The van der Waals surface area contributed by atoms with Gasteiger partial charge in [0.05, 0.1) is 18.2 Å². The number of amides is 2. The molecule has 24 heavy (non-hydrogen) atoms. The van der Waals surface area contributed by atoms with Crippen molar-refractivity contribution in [1.82, 2.24) is 10.2 Å². The average molecular weight is 360 g/mol. The second kappa shape index (κ2) is 6.86. The Morgan fingerprint density at radius 2 is 2.08 bits per heavy atom. The number of carbonyl (C=O) groups excluding carboxylic acids is 3. The monoisotopic (exact) mass is 360 g/mol. The number of hydrogen-bond acceptors (Lipinski definition) is 4. The lowest BCUT2D eigenvalue weighted by Gasteiger charge is -2.46. The fourth-order valence-corrected chi connectivity index (χ4v) is 4.47. The van der Waals surface area contributed by atoms with E-state index in [0.29, 0.717) is 12.0 Å². The molecule has 1 aromatic rings. The van der Waals surface area contributed by atoms with Crippen molar-refractivity contribution in [3.8, 4) is 0 Å². The number of nitrogens with one attached hydrogen (secondary N) is 1. The van der Waals surface area contributed by atoms with E-state index in [-0.39, 0.29) is 29.3 Å². The first-order valence-electron chi connectivity index (χ1n) is 7.42. The zero-order valence-corrected chi connectivity index (χ0v) is 14.5. The summed E-state index contributed by atoms with van der Waals surface area (Å²) >= 11 is 5.32. The highest BCUT2D eigenvalue weighted by Gasteiger charge is 2.47. The molecule has 2 aliphatic rings. The quantitative estimate of drug-likeness (QED) is 0.621. The minimum Gasteiger partial charge on any atom is -0.340 e. The number of fused-ring (bicyclic) bond motifs is 1. The molecule has 2 amide bonds. The van der Waals surface area contributed by atoms with Crippen LogP contribution in [0.3, 0.4) is 0 Å². The summed E-state index contributed by atoms with van der Waals surface area (Å²) in [5.74, 6) is -0.263. The van der Waals surface area contributed by atoms with Gasteiger partial charge in [0.2, 0.25) is 16.9 Å². The number of carbonyl (C=O) groups is 3. The van der Waals surface area contributed by atoms with Gasteiger partial charge in [0, 0.05) is 5.57 Å². The molecule has 1 N–H and O–H groups in total. The fourth-order valence-electron chi connectivity index (χ4n) is 2.78. The number of thiol groups is 1. The van der Waals surface area contributed by atoms with Crippen LogP contribution >= 0.6 is 24.4 Å². The van der Waals surface area contributed by atoms with Gasteiger partial charge >= 0.3 is 0 Å². The third-order valence-electron chi connectivity index (χ3n) is 3.92. The minimum absolute atomic E-state index is 0.113. The molecule has 0 spiro atoms. The molecular weight excluding hydrogens is 344 g/mol. The molecule has 2 heterocycles. The molecule has 0 bridgehead atoms. The topological polar surface area (TPSA) is 66.5 Å². The van der Waals surface area contributed by atoms with Gasteiger partial charge < -0.3 is 5.32 Å². The number of thioether (sulfide) groups is 1. The summed E-state index contributed by atoms with van der Waals surface area (Å²) in [6.45, 7) is 3.72. The molecule has 0 saturated carbocycles. The highest BCUT2D eigenvalue weighted by Crippen LogP contribution is 2.43. The Labute approximate surface area is 149 Å². The maximum atomic E-state index is 12.3. The first kappa shape index (κ1) is 16.9. The van der Waals surface area contributed by atoms with Gasteiger partial charge in [-0.25, -0.2) is 0 Å². The van der Waals surface area contributed by atoms with Crippen molar-refractivity contribution in [2.75, 3.05) is 0 Å². The predicted molar refractivity (Wildman–Crippen MR) is 96.1 cm³/mol. The van der Waals surface area contributed by atoms with Crippen LogP contribution in [-0.2, 0) is 20.8 Å². The molecule has 2 aliphatic heterocycles. The molecule has 0 aromatic heterocycles. The maximum Gasteiger partial charge on any atom is 0.233 e. The van der Waals surface area contributed by atoms with E-state index in [1.807, 2.05) is 30.3 Å². The molecule has 0 radical (unpaired) electrons. The molecule has 7 heteroatoms. The lowest BCUT2D eigenvalue weighted by molar-refractivity contribution is -0.140. The molecule has 1 fully saturated rings. The zero-order chi connectivity index (χ0) is 17.3. The number of hydrogen-bond donors (Lipinski definition) is 2. The Hall–Kier alpha value is -1.99. The molecule has 1 saturated heterocycles. The first-order chi connectivity index (χ1) is 11.5. The summed E-state index contributed by atoms with van der Waals surface area (Å²) in [6.07, 6.45) is 2.11. The number of nitrogens with zero attached hydrogens (tertiary/aromatic N) is 1. The Morgan fingerprint density at radius 1 is 1.38 bits per heavy atom. The van der Waals surface area contributed by atoms with Crippen molar-refractivity contribution in [2.45, 2.75) is 23.6 Å². The van der Waals surface area contributed by atoms with E-state index in [0.717, 1.165) is 5.56 Å². The summed E-state index contributed by atoms with van der Waals surface area (Å²) in [6, 6.07) is 9.41. The highest BCUT2D eigenvalue weighted by atomic mass is 32.2. The van der Waals surface area contributed by atoms with Crippen LogP contribution in [0.2, 0.25) is 0 Å². The first-order valence-corrected chi connectivity index (χ1v) is 8.81. The molecule has 0 aliphatic carbocycles. The highest BCUT2D eigenvalue weighted by molar-refractivity contribution is 8.01. The molecule has 1 unspecified atom stereocenters. The van der Waals surface area contributed by atoms with Gasteiger partial charge in [-0.2, -0.15) is 0 Å². The van der Waals surface area contributed by atoms with Gasteiger partial charge in [-0.05, 0) is 5.56 Å². The summed E-state index contributed by atoms with van der Waals surface area (Å²) in [7, 11) is 0.